The second-order valence-corrected chi connectivity index (χ2v) is 6.51. The molecule has 0 amide bonds. The Morgan fingerprint density at radius 1 is 1.13 bits per heavy atom. The third kappa shape index (κ3) is 2.25. The van der Waals surface area contributed by atoms with E-state index in [0.717, 1.165) is 47.5 Å². The van der Waals surface area contributed by atoms with Gasteiger partial charge in [-0.25, -0.2) is 4.98 Å². The van der Waals surface area contributed by atoms with E-state index in [1.807, 2.05) is 31.2 Å². The third-order valence-corrected chi connectivity index (χ3v) is 5.05. The average Bonchev–Trinajstić information content (AvgIpc) is 2.57. The number of benzene rings is 2. The maximum atomic E-state index is 13.0. The predicted octanol–water partition coefficient (Wildman–Crippen LogP) is 3.33. The van der Waals surface area contributed by atoms with E-state index < -0.39 is 6.10 Å². The van der Waals surface area contributed by atoms with Crippen LogP contribution in [-0.4, -0.2) is 20.8 Å². The molecule has 0 bridgehead atoms. The van der Waals surface area contributed by atoms with E-state index >= 15 is 0 Å². The van der Waals surface area contributed by atoms with Crippen LogP contribution in [0.3, 0.4) is 0 Å². The Labute approximate surface area is 134 Å². The smallest absolute Gasteiger partial charge is 0.261 e. The van der Waals surface area contributed by atoms with Crippen molar-refractivity contribution in [2.45, 2.75) is 44.8 Å². The number of rotatable bonds is 1. The van der Waals surface area contributed by atoms with Gasteiger partial charge < -0.3 is 5.11 Å². The minimum Gasteiger partial charge on any atom is -0.391 e. The van der Waals surface area contributed by atoms with E-state index in [9.17, 15) is 9.90 Å². The zero-order valence-electron chi connectivity index (χ0n) is 13.2. The van der Waals surface area contributed by atoms with Crippen molar-refractivity contribution in [3.8, 4) is 0 Å². The van der Waals surface area contributed by atoms with Crippen molar-refractivity contribution in [3.05, 3.63) is 52.6 Å². The van der Waals surface area contributed by atoms with Crippen molar-refractivity contribution in [1.82, 2.24) is 9.55 Å². The standard InChI is InChI=1S/C19H20N2O2/c1-12-10-15-18(14-7-3-2-6-13(12)14)20-11-21(19(15)23)16-8-4-5-9-17(16)22/h2-3,6-7,10-11,16-17,22H,4-5,8-9H2,1H3/t16-,17-/m0/s1. The van der Waals surface area contributed by atoms with Crippen molar-refractivity contribution < 1.29 is 5.11 Å². The van der Waals surface area contributed by atoms with E-state index in [2.05, 4.69) is 11.1 Å². The molecule has 1 aliphatic carbocycles. The molecule has 1 fully saturated rings. The Morgan fingerprint density at radius 3 is 2.65 bits per heavy atom. The lowest BCUT2D eigenvalue weighted by atomic mass is 9.92. The molecule has 0 radical (unpaired) electrons. The van der Waals surface area contributed by atoms with Gasteiger partial charge in [0.1, 0.15) is 0 Å². The van der Waals surface area contributed by atoms with E-state index in [-0.39, 0.29) is 11.6 Å². The summed E-state index contributed by atoms with van der Waals surface area (Å²) in [5.74, 6) is 0. The average molecular weight is 308 g/mol. The fourth-order valence-corrected chi connectivity index (χ4v) is 3.81. The SMILES string of the molecule is Cc1cc2c(=O)n([C@H]3CCCC[C@@H]3O)cnc2c2ccccc12. The summed E-state index contributed by atoms with van der Waals surface area (Å²) in [6.07, 6.45) is 4.82. The number of fused-ring (bicyclic) bond motifs is 3. The van der Waals surface area contributed by atoms with Gasteiger partial charge in [-0.05, 0) is 36.8 Å². The molecule has 1 saturated carbocycles. The molecule has 2 aromatic carbocycles. The summed E-state index contributed by atoms with van der Waals surface area (Å²) >= 11 is 0. The van der Waals surface area contributed by atoms with Gasteiger partial charge in [-0.2, -0.15) is 0 Å². The molecule has 4 rings (SSSR count). The Kier molecular flexibility index (Phi) is 3.42. The molecule has 0 unspecified atom stereocenters. The molecule has 1 N–H and O–H groups in total. The zero-order chi connectivity index (χ0) is 16.0. The maximum absolute atomic E-state index is 13.0. The van der Waals surface area contributed by atoms with Crippen molar-refractivity contribution in [1.29, 1.82) is 0 Å². The lowest BCUT2D eigenvalue weighted by Gasteiger charge is -2.29. The van der Waals surface area contributed by atoms with Gasteiger partial charge in [-0.1, -0.05) is 37.1 Å². The minimum atomic E-state index is -0.456. The lowest BCUT2D eigenvalue weighted by molar-refractivity contribution is 0.0735. The first-order valence-corrected chi connectivity index (χ1v) is 8.24. The van der Waals surface area contributed by atoms with Gasteiger partial charge in [-0.15, -0.1) is 0 Å². The van der Waals surface area contributed by atoms with E-state index in [0.29, 0.717) is 5.39 Å². The fraction of sp³-hybridized carbons (Fsp3) is 0.368. The summed E-state index contributed by atoms with van der Waals surface area (Å²) in [6.45, 7) is 2.02. The molecule has 4 heteroatoms. The molecule has 2 atom stereocenters. The molecule has 118 valence electrons. The highest BCUT2D eigenvalue weighted by atomic mass is 16.3. The highest BCUT2D eigenvalue weighted by Gasteiger charge is 2.26. The molecule has 3 aromatic rings. The summed E-state index contributed by atoms with van der Waals surface area (Å²) in [6, 6.07) is 9.82. The molecule has 1 aliphatic rings. The molecule has 1 aromatic heterocycles. The molecular formula is C19H20N2O2. The number of aliphatic hydroxyl groups is 1. The topological polar surface area (TPSA) is 55.1 Å². The third-order valence-electron chi connectivity index (χ3n) is 5.05. The van der Waals surface area contributed by atoms with Crippen LogP contribution in [0.4, 0.5) is 0 Å². The van der Waals surface area contributed by atoms with Crippen molar-refractivity contribution >= 4 is 21.7 Å². The second-order valence-electron chi connectivity index (χ2n) is 6.51. The monoisotopic (exact) mass is 308 g/mol. The summed E-state index contributed by atoms with van der Waals surface area (Å²) < 4.78 is 1.64. The highest BCUT2D eigenvalue weighted by molar-refractivity contribution is 6.06. The first kappa shape index (κ1) is 14.4. The Hall–Kier alpha value is -2.20. The molecule has 4 nitrogen and oxygen atoms in total. The first-order chi connectivity index (χ1) is 11.2. The van der Waals surface area contributed by atoms with Gasteiger partial charge in [0, 0.05) is 5.39 Å². The van der Waals surface area contributed by atoms with Crippen LogP contribution in [0.15, 0.2) is 41.5 Å². The number of nitrogens with zero attached hydrogens (tertiary/aromatic N) is 2. The molecule has 0 spiro atoms. The van der Waals surface area contributed by atoms with Crippen molar-refractivity contribution in [2.24, 2.45) is 0 Å². The molecule has 23 heavy (non-hydrogen) atoms. The van der Waals surface area contributed by atoms with Crippen molar-refractivity contribution in [2.75, 3.05) is 0 Å². The number of aromatic nitrogens is 2. The van der Waals surface area contributed by atoms with Crippen LogP contribution in [0, 0.1) is 6.92 Å². The fourth-order valence-electron chi connectivity index (χ4n) is 3.81. The molecule has 1 heterocycles. The second kappa shape index (κ2) is 5.46. The predicted molar refractivity (Wildman–Crippen MR) is 91.8 cm³/mol. The minimum absolute atomic E-state index is 0.0465. The van der Waals surface area contributed by atoms with Crippen LogP contribution in [-0.2, 0) is 0 Å². The Balaban J connectivity index is 1.98. The summed E-state index contributed by atoms with van der Waals surface area (Å²) in [7, 11) is 0. The van der Waals surface area contributed by atoms with Gasteiger partial charge in [0.2, 0.25) is 0 Å². The molecule has 0 aliphatic heterocycles. The normalized spacial score (nSPS) is 21.8. The number of aliphatic hydroxyl groups excluding tert-OH is 1. The van der Waals surface area contributed by atoms with Crippen LogP contribution >= 0.6 is 0 Å². The quantitative estimate of drug-likeness (QED) is 0.702. The zero-order valence-corrected chi connectivity index (χ0v) is 13.2. The Morgan fingerprint density at radius 2 is 1.87 bits per heavy atom. The van der Waals surface area contributed by atoms with Crippen LogP contribution in [0.1, 0.15) is 37.3 Å². The lowest BCUT2D eigenvalue weighted by Crippen LogP contribution is -2.34. The van der Waals surface area contributed by atoms with E-state index in [1.54, 1.807) is 10.9 Å². The first-order valence-electron chi connectivity index (χ1n) is 8.24. The summed E-state index contributed by atoms with van der Waals surface area (Å²) in [5.41, 5.74) is 1.78. The van der Waals surface area contributed by atoms with Crippen molar-refractivity contribution in [3.63, 3.8) is 0 Å². The molecular weight excluding hydrogens is 288 g/mol. The summed E-state index contributed by atoms with van der Waals surface area (Å²) in [5, 5.41) is 13.0. The van der Waals surface area contributed by atoms with E-state index in [1.165, 1.54) is 0 Å². The number of hydrogen-bond donors (Lipinski definition) is 1. The Bertz CT molecular complexity index is 945. The van der Waals surface area contributed by atoms with E-state index in [4.69, 9.17) is 0 Å². The van der Waals surface area contributed by atoms with Gasteiger partial charge in [-0.3, -0.25) is 9.36 Å². The number of hydrogen-bond acceptors (Lipinski definition) is 3. The summed E-state index contributed by atoms with van der Waals surface area (Å²) in [4.78, 5) is 17.6. The highest BCUT2D eigenvalue weighted by Crippen LogP contribution is 2.29. The number of aryl methyl sites for hydroxylation is 1. The molecule has 0 saturated heterocycles. The van der Waals surface area contributed by atoms with Crippen LogP contribution in [0.25, 0.3) is 21.7 Å². The van der Waals surface area contributed by atoms with Crippen LogP contribution in [0.5, 0.6) is 0 Å². The van der Waals surface area contributed by atoms with Crippen LogP contribution in [0.2, 0.25) is 0 Å². The maximum Gasteiger partial charge on any atom is 0.261 e. The largest absolute Gasteiger partial charge is 0.391 e. The van der Waals surface area contributed by atoms with Gasteiger partial charge in [0.05, 0.1) is 29.4 Å². The van der Waals surface area contributed by atoms with Gasteiger partial charge in [0.15, 0.2) is 0 Å². The van der Waals surface area contributed by atoms with Gasteiger partial charge in [0.25, 0.3) is 5.56 Å². The van der Waals surface area contributed by atoms with Crippen LogP contribution < -0.4 is 5.56 Å². The van der Waals surface area contributed by atoms with Gasteiger partial charge >= 0.3 is 0 Å².